The third-order valence-electron chi connectivity index (χ3n) is 3.52. The predicted octanol–water partition coefficient (Wildman–Crippen LogP) is 2.67. The van der Waals surface area contributed by atoms with Gasteiger partial charge in [-0.15, -0.1) is 11.8 Å². The van der Waals surface area contributed by atoms with Gasteiger partial charge in [0.25, 0.3) is 0 Å². The fraction of sp³-hybridized carbons (Fsp3) is 0.529. The fourth-order valence-electron chi connectivity index (χ4n) is 2.32. The van der Waals surface area contributed by atoms with Crippen molar-refractivity contribution >= 4 is 33.5 Å². The van der Waals surface area contributed by atoms with Gasteiger partial charge in [-0.1, -0.05) is 19.1 Å². The Morgan fingerprint density at radius 1 is 1.20 bits per heavy atom. The Labute approximate surface area is 153 Å². The van der Waals surface area contributed by atoms with Gasteiger partial charge in [0, 0.05) is 10.9 Å². The summed E-state index contributed by atoms with van der Waals surface area (Å²) in [5.74, 6) is -1.36. The average Bonchev–Trinajstić information content (AvgIpc) is 2.51. The second kappa shape index (κ2) is 9.24. The highest BCUT2D eigenvalue weighted by molar-refractivity contribution is 8.01. The first-order valence-corrected chi connectivity index (χ1v) is 10.6. The van der Waals surface area contributed by atoms with E-state index >= 15 is 0 Å². The molecule has 1 unspecified atom stereocenters. The Morgan fingerprint density at radius 2 is 1.80 bits per heavy atom. The van der Waals surface area contributed by atoms with Crippen LogP contribution in [0, 0.1) is 0 Å². The fourth-order valence-corrected chi connectivity index (χ4v) is 5.22. The number of carbonyl (C=O) groups excluding carboxylic acids is 1. The van der Waals surface area contributed by atoms with E-state index in [1.54, 1.807) is 52.0 Å². The van der Waals surface area contributed by atoms with Gasteiger partial charge < -0.3 is 10.0 Å². The SMILES string of the molecule is CCCS(=O)(=O)c1ccccc1SC(C)C(=O)N(CC(=O)O)C(C)C. The Balaban J connectivity index is 3.06. The molecular weight excluding hydrogens is 362 g/mol. The van der Waals surface area contributed by atoms with Crippen molar-refractivity contribution < 1.29 is 23.1 Å². The van der Waals surface area contributed by atoms with Crippen molar-refractivity contribution in [2.75, 3.05) is 12.3 Å². The van der Waals surface area contributed by atoms with Crippen molar-refractivity contribution in [3.8, 4) is 0 Å². The van der Waals surface area contributed by atoms with Gasteiger partial charge in [0.1, 0.15) is 6.54 Å². The molecule has 1 atom stereocenters. The van der Waals surface area contributed by atoms with Gasteiger partial charge in [-0.2, -0.15) is 0 Å². The molecule has 0 bridgehead atoms. The average molecular weight is 388 g/mol. The molecule has 6 nitrogen and oxygen atoms in total. The van der Waals surface area contributed by atoms with Gasteiger partial charge in [0.05, 0.1) is 15.9 Å². The van der Waals surface area contributed by atoms with E-state index in [1.165, 1.54) is 4.90 Å². The number of aliphatic carboxylic acids is 1. The van der Waals surface area contributed by atoms with E-state index in [1.807, 2.05) is 0 Å². The summed E-state index contributed by atoms with van der Waals surface area (Å²) in [6.07, 6.45) is 0.509. The second-order valence-corrected chi connectivity index (χ2v) is 9.44. The minimum atomic E-state index is -3.41. The summed E-state index contributed by atoms with van der Waals surface area (Å²) in [6, 6.07) is 6.34. The van der Waals surface area contributed by atoms with E-state index < -0.39 is 21.1 Å². The van der Waals surface area contributed by atoms with Crippen LogP contribution in [0.1, 0.15) is 34.1 Å². The third-order valence-corrected chi connectivity index (χ3v) is 6.79. The monoisotopic (exact) mass is 387 g/mol. The smallest absolute Gasteiger partial charge is 0.323 e. The Kier molecular flexibility index (Phi) is 7.95. The van der Waals surface area contributed by atoms with Crippen LogP contribution in [0.25, 0.3) is 0 Å². The molecule has 0 aliphatic heterocycles. The number of sulfone groups is 1. The van der Waals surface area contributed by atoms with Crippen molar-refractivity contribution in [1.29, 1.82) is 0 Å². The van der Waals surface area contributed by atoms with Crippen molar-refractivity contribution in [3.63, 3.8) is 0 Å². The zero-order valence-corrected chi connectivity index (χ0v) is 16.6. The summed E-state index contributed by atoms with van der Waals surface area (Å²) < 4.78 is 24.8. The zero-order chi connectivity index (χ0) is 19.2. The molecule has 0 radical (unpaired) electrons. The standard InChI is InChI=1S/C17H25NO5S2/c1-5-10-25(22,23)15-9-7-6-8-14(15)24-13(4)17(21)18(12(2)3)11-16(19)20/h6-9,12-13H,5,10-11H2,1-4H3,(H,19,20). The van der Waals surface area contributed by atoms with E-state index in [0.717, 1.165) is 11.8 Å². The van der Waals surface area contributed by atoms with E-state index in [0.29, 0.717) is 11.3 Å². The van der Waals surface area contributed by atoms with Crippen LogP contribution in [0.4, 0.5) is 0 Å². The molecule has 1 aromatic rings. The van der Waals surface area contributed by atoms with Crippen molar-refractivity contribution in [1.82, 2.24) is 4.90 Å². The van der Waals surface area contributed by atoms with E-state index in [9.17, 15) is 18.0 Å². The molecule has 0 aromatic heterocycles. The van der Waals surface area contributed by atoms with Gasteiger partial charge >= 0.3 is 5.97 Å². The Bertz CT molecular complexity index is 716. The van der Waals surface area contributed by atoms with Crippen LogP contribution >= 0.6 is 11.8 Å². The molecule has 1 aromatic carbocycles. The molecule has 140 valence electrons. The molecule has 0 aliphatic carbocycles. The van der Waals surface area contributed by atoms with Crippen molar-refractivity contribution in [2.45, 2.75) is 55.2 Å². The van der Waals surface area contributed by atoms with Gasteiger partial charge in [-0.25, -0.2) is 8.42 Å². The van der Waals surface area contributed by atoms with Gasteiger partial charge in [-0.05, 0) is 39.3 Å². The molecule has 0 aliphatic rings. The number of amides is 1. The third kappa shape index (κ3) is 6.04. The molecule has 0 saturated heterocycles. The lowest BCUT2D eigenvalue weighted by Gasteiger charge is -2.27. The Morgan fingerprint density at radius 3 is 2.32 bits per heavy atom. The number of hydrogen-bond donors (Lipinski definition) is 1. The lowest BCUT2D eigenvalue weighted by molar-refractivity contribution is -0.145. The normalized spacial score (nSPS) is 12.8. The minimum absolute atomic E-state index is 0.0457. The topological polar surface area (TPSA) is 91.8 Å². The van der Waals surface area contributed by atoms with E-state index in [2.05, 4.69) is 0 Å². The number of carboxylic acid groups (broad SMARTS) is 1. The molecule has 0 saturated carbocycles. The van der Waals surface area contributed by atoms with Crippen LogP contribution < -0.4 is 0 Å². The number of nitrogens with zero attached hydrogens (tertiary/aromatic N) is 1. The lowest BCUT2D eigenvalue weighted by Crippen LogP contribution is -2.44. The van der Waals surface area contributed by atoms with E-state index in [4.69, 9.17) is 5.11 Å². The summed E-state index contributed by atoms with van der Waals surface area (Å²) >= 11 is 1.14. The molecule has 1 amide bonds. The van der Waals surface area contributed by atoms with Crippen LogP contribution in [0.2, 0.25) is 0 Å². The molecule has 25 heavy (non-hydrogen) atoms. The van der Waals surface area contributed by atoms with Crippen molar-refractivity contribution in [2.24, 2.45) is 0 Å². The first-order chi connectivity index (χ1) is 11.6. The van der Waals surface area contributed by atoms with Gasteiger partial charge in [0.15, 0.2) is 9.84 Å². The van der Waals surface area contributed by atoms with Gasteiger partial charge in [0.2, 0.25) is 5.91 Å². The molecular formula is C17H25NO5S2. The Hall–Kier alpha value is -1.54. The molecule has 0 fully saturated rings. The van der Waals surface area contributed by atoms with Gasteiger partial charge in [-0.3, -0.25) is 9.59 Å². The lowest BCUT2D eigenvalue weighted by atomic mass is 10.3. The summed E-state index contributed by atoms with van der Waals surface area (Å²) in [4.78, 5) is 25.6. The molecule has 1 N–H and O–H groups in total. The highest BCUT2D eigenvalue weighted by Crippen LogP contribution is 2.31. The molecule has 1 rings (SSSR count). The van der Waals surface area contributed by atoms with Crippen LogP contribution in [-0.4, -0.2) is 53.9 Å². The largest absolute Gasteiger partial charge is 0.480 e. The van der Waals surface area contributed by atoms with Crippen LogP contribution in [-0.2, 0) is 19.4 Å². The highest BCUT2D eigenvalue weighted by Gasteiger charge is 2.27. The molecule has 0 spiro atoms. The number of benzene rings is 1. The van der Waals surface area contributed by atoms with Crippen LogP contribution in [0.5, 0.6) is 0 Å². The maximum Gasteiger partial charge on any atom is 0.323 e. The number of rotatable bonds is 9. The first kappa shape index (κ1) is 21.5. The highest BCUT2D eigenvalue weighted by atomic mass is 32.2. The van der Waals surface area contributed by atoms with Crippen molar-refractivity contribution in [3.05, 3.63) is 24.3 Å². The number of hydrogen-bond acceptors (Lipinski definition) is 5. The summed E-state index contributed by atoms with van der Waals surface area (Å²) in [7, 11) is -3.41. The zero-order valence-electron chi connectivity index (χ0n) is 14.9. The summed E-state index contributed by atoms with van der Waals surface area (Å²) in [5, 5.41) is 8.39. The maximum atomic E-state index is 12.6. The summed E-state index contributed by atoms with van der Waals surface area (Å²) in [5.41, 5.74) is 0. The number of carbonyl (C=O) groups is 2. The maximum absolute atomic E-state index is 12.6. The second-order valence-electron chi connectivity index (χ2n) is 5.98. The van der Waals surface area contributed by atoms with Crippen LogP contribution in [0.15, 0.2) is 34.1 Å². The number of thioether (sulfide) groups is 1. The quantitative estimate of drug-likeness (QED) is 0.655. The molecule has 0 heterocycles. The number of carboxylic acids is 1. The first-order valence-electron chi connectivity index (χ1n) is 8.10. The summed E-state index contributed by atoms with van der Waals surface area (Å²) in [6.45, 7) is 6.58. The minimum Gasteiger partial charge on any atom is -0.480 e. The van der Waals surface area contributed by atoms with Crippen LogP contribution in [0.3, 0.4) is 0 Å². The predicted molar refractivity (Wildman–Crippen MR) is 98.6 cm³/mol. The van der Waals surface area contributed by atoms with E-state index in [-0.39, 0.29) is 29.1 Å². The molecule has 8 heteroatoms.